The molecule has 0 saturated heterocycles. The quantitative estimate of drug-likeness (QED) is 0.783. The number of hydrogen-bond acceptors (Lipinski definition) is 4. The molecule has 102 valence electrons. The van der Waals surface area contributed by atoms with Crippen molar-refractivity contribution >= 4 is 22.1 Å². The van der Waals surface area contributed by atoms with Crippen molar-refractivity contribution in [1.29, 1.82) is 0 Å². The maximum atomic E-state index is 6.23. The van der Waals surface area contributed by atoms with Gasteiger partial charge in [-0.15, -0.1) is 0 Å². The molecule has 1 aromatic carbocycles. The highest BCUT2D eigenvalue weighted by molar-refractivity contribution is 5.98. The number of nitrogen functional groups attached to an aromatic ring is 1. The molecule has 2 rings (SSSR count). The van der Waals surface area contributed by atoms with E-state index >= 15 is 0 Å². The van der Waals surface area contributed by atoms with Gasteiger partial charge in [0.05, 0.1) is 18.0 Å². The molecule has 0 bridgehead atoms. The van der Waals surface area contributed by atoms with Crippen molar-refractivity contribution < 1.29 is 4.74 Å². The molecule has 0 radical (unpaired) electrons. The van der Waals surface area contributed by atoms with Crippen LogP contribution in [0.5, 0.6) is 0 Å². The fourth-order valence-electron chi connectivity index (χ4n) is 2.29. The van der Waals surface area contributed by atoms with Gasteiger partial charge in [0.2, 0.25) is 0 Å². The third-order valence-electron chi connectivity index (χ3n) is 3.23. The van der Waals surface area contributed by atoms with Crippen LogP contribution in [0.4, 0.5) is 11.4 Å². The molecule has 4 nitrogen and oxygen atoms in total. The molecule has 1 atom stereocenters. The Hall–Kier alpha value is -1.81. The number of rotatable bonds is 6. The van der Waals surface area contributed by atoms with Gasteiger partial charge in [0, 0.05) is 36.3 Å². The molecule has 0 aliphatic carbocycles. The summed E-state index contributed by atoms with van der Waals surface area (Å²) in [6.07, 6.45) is 5.76. The number of hydrogen-bond donors (Lipinski definition) is 2. The second-order valence-corrected chi connectivity index (χ2v) is 4.71. The van der Waals surface area contributed by atoms with Crippen molar-refractivity contribution in [3.63, 3.8) is 0 Å². The van der Waals surface area contributed by atoms with Gasteiger partial charge in [-0.25, -0.2) is 0 Å². The van der Waals surface area contributed by atoms with Crippen LogP contribution in [0.1, 0.15) is 19.8 Å². The average molecular weight is 259 g/mol. The number of nitrogens with one attached hydrogen (secondary N) is 1. The summed E-state index contributed by atoms with van der Waals surface area (Å²) >= 11 is 0. The van der Waals surface area contributed by atoms with Crippen LogP contribution in [0.15, 0.2) is 30.6 Å². The number of aromatic nitrogens is 1. The van der Waals surface area contributed by atoms with Crippen LogP contribution in [0.3, 0.4) is 0 Å². The highest BCUT2D eigenvalue weighted by Crippen LogP contribution is 2.28. The van der Waals surface area contributed by atoms with Crippen LogP contribution in [0.2, 0.25) is 0 Å². The number of pyridine rings is 1. The smallest absolute Gasteiger partial charge is 0.0664 e. The summed E-state index contributed by atoms with van der Waals surface area (Å²) in [7, 11) is 1.72. The molecule has 0 aliphatic heterocycles. The van der Waals surface area contributed by atoms with Crippen molar-refractivity contribution in [1.82, 2.24) is 4.98 Å². The van der Waals surface area contributed by atoms with Gasteiger partial charge < -0.3 is 15.8 Å². The van der Waals surface area contributed by atoms with Crippen LogP contribution in [0, 0.1) is 0 Å². The first kappa shape index (κ1) is 13.6. The maximum absolute atomic E-state index is 6.23. The first-order chi connectivity index (χ1) is 9.26. The summed E-state index contributed by atoms with van der Waals surface area (Å²) in [6.45, 7) is 2.85. The number of ether oxygens (including phenoxy) is 1. The fourth-order valence-corrected chi connectivity index (χ4v) is 2.29. The molecule has 0 aliphatic rings. The molecule has 1 unspecified atom stereocenters. The van der Waals surface area contributed by atoms with Gasteiger partial charge >= 0.3 is 0 Å². The van der Waals surface area contributed by atoms with E-state index in [0.29, 0.717) is 6.61 Å². The van der Waals surface area contributed by atoms with E-state index in [1.165, 1.54) is 0 Å². The molecule has 0 amide bonds. The summed E-state index contributed by atoms with van der Waals surface area (Å²) in [5.74, 6) is 0. The molecule has 1 heterocycles. The van der Waals surface area contributed by atoms with Crippen LogP contribution in [0.25, 0.3) is 10.8 Å². The Bertz CT molecular complexity index is 536. The predicted molar refractivity (Wildman–Crippen MR) is 80.4 cm³/mol. The topological polar surface area (TPSA) is 60.2 Å². The number of methoxy groups -OCH3 is 1. The van der Waals surface area contributed by atoms with Crippen LogP contribution in [-0.2, 0) is 4.74 Å². The van der Waals surface area contributed by atoms with Gasteiger partial charge in [0.15, 0.2) is 0 Å². The minimum absolute atomic E-state index is 0.289. The first-order valence-corrected chi connectivity index (χ1v) is 6.64. The first-order valence-electron chi connectivity index (χ1n) is 6.64. The minimum atomic E-state index is 0.289. The Morgan fingerprint density at radius 1 is 1.37 bits per heavy atom. The number of nitrogens with two attached hydrogens (primary N) is 1. The lowest BCUT2D eigenvalue weighted by Gasteiger charge is -2.20. The van der Waals surface area contributed by atoms with Crippen LogP contribution < -0.4 is 11.1 Å². The number of nitrogens with zero attached hydrogens (tertiary/aromatic N) is 1. The van der Waals surface area contributed by atoms with E-state index in [1.807, 2.05) is 24.4 Å². The molecule has 0 fully saturated rings. The molecule has 1 aromatic heterocycles. The maximum Gasteiger partial charge on any atom is 0.0664 e. The molecule has 3 N–H and O–H groups in total. The normalized spacial score (nSPS) is 12.5. The summed E-state index contributed by atoms with van der Waals surface area (Å²) in [4.78, 5) is 4.11. The van der Waals surface area contributed by atoms with Crippen molar-refractivity contribution in [2.45, 2.75) is 25.8 Å². The third-order valence-corrected chi connectivity index (χ3v) is 3.23. The third kappa shape index (κ3) is 3.15. The Morgan fingerprint density at radius 2 is 2.21 bits per heavy atom. The highest BCUT2D eigenvalue weighted by atomic mass is 16.5. The Labute approximate surface area is 114 Å². The second-order valence-electron chi connectivity index (χ2n) is 4.71. The van der Waals surface area contributed by atoms with Crippen molar-refractivity contribution in [2.24, 2.45) is 0 Å². The monoisotopic (exact) mass is 259 g/mol. The Balaban J connectivity index is 2.26. The number of anilines is 2. The van der Waals surface area contributed by atoms with Crippen molar-refractivity contribution in [3.8, 4) is 0 Å². The molecule has 0 spiro atoms. The summed E-state index contributed by atoms with van der Waals surface area (Å²) < 4.78 is 5.24. The summed E-state index contributed by atoms with van der Waals surface area (Å²) in [5.41, 5.74) is 7.97. The lowest BCUT2D eigenvalue weighted by atomic mass is 10.1. The standard InChI is InChI=1S/C15H21N3O/c1-3-4-12(10-19-2)18-14-6-5-11-9-17-8-7-13(11)15(14)16/h5-9,12,18H,3-4,10,16H2,1-2H3. The zero-order valence-electron chi connectivity index (χ0n) is 11.5. The van der Waals surface area contributed by atoms with E-state index in [1.54, 1.807) is 13.3 Å². The van der Waals surface area contributed by atoms with E-state index in [-0.39, 0.29) is 6.04 Å². The summed E-state index contributed by atoms with van der Waals surface area (Å²) in [5, 5.41) is 5.57. The van der Waals surface area contributed by atoms with Crippen molar-refractivity contribution in [3.05, 3.63) is 30.6 Å². The highest BCUT2D eigenvalue weighted by Gasteiger charge is 2.10. The van der Waals surface area contributed by atoms with E-state index < -0.39 is 0 Å². The molecule has 19 heavy (non-hydrogen) atoms. The van der Waals surface area contributed by atoms with E-state index in [9.17, 15) is 0 Å². The van der Waals surface area contributed by atoms with Gasteiger partial charge in [0.1, 0.15) is 0 Å². The van der Waals surface area contributed by atoms with Crippen LogP contribution >= 0.6 is 0 Å². The zero-order chi connectivity index (χ0) is 13.7. The fraction of sp³-hybridized carbons (Fsp3) is 0.400. The van der Waals surface area contributed by atoms with Gasteiger partial charge in [0.25, 0.3) is 0 Å². The van der Waals surface area contributed by atoms with Gasteiger partial charge in [-0.3, -0.25) is 4.98 Å². The Kier molecular flexibility index (Phi) is 4.58. The van der Waals surface area contributed by atoms with Crippen LogP contribution in [-0.4, -0.2) is 24.7 Å². The Morgan fingerprint density at radius 3 is 2.95 bits per heavy atom. The molecular formula is C15H21N3O. The van der Waals surface area contributed by atoms with Gasteiger partial charge in [-0.2, -0.15) is 0 Å². The molecule has 4 heteroatoms. The summed E-state index contributed by atoms with van der Waals surface area (Å²) in [6, 6.07) is 6.28. The van der Waals surface area contributed by atoms with E-state index in [4.69, 9.17) is 10.5 Å². The lowest BCUT2D eigenvalue weighted by molar-refractivity contribution is 0.182. The zero-order valence-corrected chi connectivity index (χ0v) is 11.5. The molecule has 0 saturated carbocycles. The number of fused-ring (bicyclic) bond motifs is 1. The molecular weight excluding hydrogens is 238 g/mol. The molecule has 2 aromatic rings. The largest absolute Gasteiger partial charge is 0.397 e. The second kappa shape index (κ2) is 6.38. The average Bonchev–Trinajstić information content (AvgIpc) is 2.43. The van der Waals surface area contributed by atoms with Gasteiger partial charge in [-0.1, -0.05) is 19.4 Å². The SMILES string of the molecule is CCCC(COC)Nc1ccc2cnccc2c1N. The predicted octanol–water partition coefficient (Wildman–Crippen LogP) is 3.04. The minimum Gasteiger partial charge on any atom is -0.397 e. The van der Waals surface area contributed by atoms with E-state index in [2.05, 4.69) is 17.2 Å². The van der Waals surface area contributed by atoms with Gasteiger partial charge in [-0.05, 0) is 18.6 Å². The van der Waals surface area contributed by atoms with Crippen molar-refractivity contribution in [2.75, 3.05) is 24.8 Å². The number of benzene rings is 1. The van der Waals surface area contributed by atoms with E-state index in [0.717, 1.165) is 35.0 Å². The lowest BCUT2D eigenvalue weighted by Crippen LogP contribution is -2.25.